The zero-order valence-corrected chi connectivity index (χ0v) is 22.5. The summed E-state index contributed by atoms with van der Waals surface area (Å²) >= 11 is 0. The fraction of sp³-hybridized carbons (Fsp3) is 0.933. The van der Waals surface area contributed by atoms with E-state index < -0.39 is 0 Å². The highest BCUT2D eigenvalue weighted by Crippen LogP contribution is 2.26. The molecule has 2 nitrogen and oxygen atoms in total. The van der Waals surface area contributed by atoms with Crippen LogP contribution in [0, 0.1) is 0 Å². The summed E-state index contributed by atoms with van der Waals surface area (Å²) in [5.74, 6) is 0. The molecule has 32 heavy (non-hydrogen) atoms. The molecule has 190 valence electrons. The Balaban J connectivity index is 2.26. The molecule has 2 atom stereocenters. The standard InChI is InChI=1S/C30H60N2/c1-4-7-10-12-13-14-15-16-17-18-19-20-23-28-24-22-25-29(30(28)32-26-9-6-3)31-27-21-11-8-5-2/h23,29-32H,4-22,24-27H2,1-3H3/b28-23-/t29-,30-/m0/s1. The molecule has 0 aromatic rings. The van der Waals surface area contributed by atoms with Gasteiger partial charge in [0.2, 0.25) is 0 Å². The van der Waals surface area contributed by atoms with Crippen LogP contribution in [0.1, 0.15) is 156 Å². The van der Waals surface area contributed by atoms with Crippen LogP contribution in [0.5, 0.6) is 0 Å². The summed E-state index contributed by atoms with van der Waals surface area (Å²) in [6.45, 7) is 9.27. The summed E-state index contributed by atoms with van der Waals surface area (Å²) in [7, 11) is 0. The molecule has 0 saturated heterocycles. The summed E-state index contributed by atoms with van der Waals surface area (Å²) in [5, 5.41) is 7.87. The van der Waals surface area contributed by atoms with Crippen molar-refractivity contribution in [2.45, 2.75) is 168 Å². The van der Waals surface area contributed by atoms with Gasteiger partial charge in [-0.05, 0) is 58.0 Å². The van der Waals surface area contributed by atoms with Crippen molar-refractivity contribution in [2.75, 3.05) is 13.1 Å². The fourth-order valence-corrected chi connectivity index (χ4v) is 5.20. The minimum Gasteiger partial charge on any atom is -0.312 e. The lowest BCUT2D eigenvalue weighted by Crippen LogP contribution is -2.51. The molecule has 2 N–H and O–H groups in total. The third kappa shape index (κ3) is 15.5. The summed E-state index contributed by atoms with van der Waals surface area (Å²) in [5.41, 5.74) is 1.71. The Morgan fingerprint density at radius 3 is 1.78 bits per heavy atom. The highest BCUT2D eigenvalue weighted by atomic mass is 15.0. The normalized spacial score (nSPS) is 20.3. The first-order valence-electron chi connectivity index (χ1n) is 15.0. The van der Waals surface area contributed by atoms with Crippen LogP contribution in [0.25, 0.3) is 0 Å². The molecule has 1 saturated carbocycles. The van der Waals surface area contributed by atoms with E-state index in [9.17, 15) is 0 Å². The van der Waals surface area contributed by atoms with Gasteiger partial charge in [-0.15, -0.1) is 0 Å². The lowest BCUT2D eigenvalue weighted by Gasteiger charge is -2.36. The second-order valence-corrected chi connectivity index (χ2v) is 10.4. The SMILES string of the molecule is CCCCCCCCCCCCC/C=C1/CCC[C@H](NCCCCCC)[C@H]1NCCCC. The van der Waals surface area contributed by atoms with E-state index in [4.69, 9.17) is 0 Å². The predicted molar refractivity (Wildman–Crippen MR) is 146 cm³/mol. The van der Waals surface area contributed by atoms with Gasteiger partial charge in [-0.25, -0.2) is 0 Å². The first kappa shape index (κ1) is 29.7. The quantitative estimate of drug-likeness (QED) is 0.127. The lowest BCUT2D eigenvalue weighted by molar-refractivity contribution is 0.335. The average Bonchev–Trinajstić information content (AvgIpc) is 2.81. The lowest BCUT2D eigenvalue weighted by atomic mass is 9.84. The highest BCUT2D eigenvalue weighted by molar-refractivity contribution is 5.17. The van der Waals surface area contributed by atoms with Gasteiger partial charge in [-0.1, -0.05) is 122 Å². The monoisotopic (exact) mass is 448 g/mol. The van der Waals surface area contributed by atoms with Crippen LogP contribution in [0.4, 0.5) is 0 Å². The Bertz CT molecular complexity index is 417. The zero-order valence-electron chi connectivity index (χ0n) is 22.5. The van der Waals surface area contributed by atoms with E-state index in [0.717, 1.165) is 0 Å². The molecule has 1 fully saturated rings. The first-order valence-corrected chi connectivity index (χ1v) is 15.0. The molecule has 1 aliphatic rings. The van der Waals surface area contributed by atoms with Gasteiger partial charge in [-0.2, -0.15) is 0 Å². The third-order valence-electron chi connectivity index (χ3n) is 7.33. The van der Waals surface area contributed by atoms with E-state index in [1.165, 1.54) is 148 Å². The Hall–Kier alpha value is -0.340. The second kappa shape index (κ2) is 22.5. The van der Waals surface area contributed by atoms with Gasteiger partial charge in [0.1, 0.15) is 0 Å². The molecule has 0 unspecified atom stereocenters. The molecular formula is C30H60N2. The van der Waals surface area contributed by atoms with Crippen LogP contribution in [-0.2, 0) is 0 Å². The van der Waals surface area contributed by atoms with Crippen molar-refractivity contribution < 1.29 is 0 Å². The number of allylic oxidation sites excluding steroid dienone is 1. The first-order chi connectivity index (χ1) is 15.8. The van der Waals surface area contributed by atoms with E-state index in [-0.39, 0.29) is 0 Å². The molecule has 0 bridgehead atoms. The largest absolute Gasteiger partial charge is 0.312 e. The maximum atomic E-state index is 3.94. The summed E-state index contributed by atoms with van der Waals surface area (Å²) in [6.07, 6.45) is 31.8. The topological polar surface area (TPSA) is 24.1 Å². The molecule has 1 rings (SSSR count). The van der Waals surface area contributed by atoms with Gasteiger partial charge in [0.15, 0.2) is 0 Å². The number of nitrogens with one attached hydrogen (secondary N) is 2. The number of rotatable bonds is 22. The fourth-order valence-electron chi connectivity index (χ4n) is 5.20. The Labute approximate surface area is 203 Å². The molecule has 1 aliphatic carbocycles. The molecule has 0 heterocycles. The summed E-state index contributed by atoms with van der Waals surface area (Å²) in [4.78, 5) is 0. The molecule has 0 aromatic carbocycles. The molecule has 0 aromatic heterocycles. The summed E-state index contributed by atoms with van der Waals surface area (Å²) in [6, 6.07) is 1.22. The van der Waals surface area contributed by atoms with Crippen molar-refractivity contribution >= 4 is 0 Å². The Morgan fingerprint density at radius 2 is 1.16 bits per heavy atom. The van der Waals surface area contributed by atoms with Gasteiger partial charge in [-0.3, -0.25) is 0 Å². The van der Waals surface area contributed by atoms with Crippen molar-refractivity contribution in [2.24, 2.45) is 0 Å². The van der Waals surface area contributed by atoms with Crippen LogP contribution in [0.3, 0.4) is 0 Å². The Morgan fingerprint density at radius 1 is 0.625 bits per heavy atom. The van der Waals surface area contributed by atoms with Gasteiger partial charge in [0.25, 0.3) is 0 Å². The van der Waals surface area contributed by atoms with Crippen LogP contribution in [-0.4, -0.2) is 25.2 Å². The van der Waals surface area contributed by atoms with Gasteiger partial charge >= 0.3 is 0 Å². The third-order valence-corrected chi connectivity index (χ3v) is 7.33. The number of unbranched alkanes of at least 4 members (excludes halogenated alkanes) is 15. The summed E-state index contributed by atoms with van der Waals surface area (Å²) < 4.78 is 0. The van der Waals surface area contributed by atoms with Crippen LogP contribution in [0.15, 0.2) is 11.6 Å². The van der Waals surface area contributed by atoms with Crippen molar-refractivity contribution in [1.29, 1.82) is 0 Å². The molecule has 2 heteroatoms. The maximum absolute atomic E-state index is 3.94. The van der Waals surface area contributed by atoms with Crippen molar-refractivity contribution in [1.82, 2.24) is 10.6 Å². The van der Waals surface area contributed by atoms with E-state index >= 15 is 0 Å². The van der Waals surface area contributed by atoms with Crippen molar-refractivity contribution in [3.63, 3.8) is 0 Å². The Kier molecular flexibility index (Phi) is 20.8. The van der Waals surface area contributed by atoms with Crippen LogP contribution in [0.2, 0.25) is 0 Å². The minimum absolute atomic E-state index is 0.578. The van der Waals surface area contributed by atoms with Crippen molar-refractivity contribution in [3.8, 4) is 0 Å². The van der Waals surface area contributed by atoms with Gasteiger partial charge in [0, 0.05) is 12.1 Å². The molecule has 0 radical (unpaired) electrons. The molecule has 0 spiro atoms. The maximum Gasteiger partial charge on any atom is 0.0435 e. The van der Waals surface area contributed by atoms with Crippen LogP contribution >= 0.6 is 0 Å². The van der Waals surface area contributed by atoms with Gasteiger partial charge in [0.05, 0.1) is 0 Å². The minimum atomic E-state index is 0.578. The molecule has 0 amide bonds. The van der Waals surface area contributed by atoms with E-state index in [1.54, 1.807) is 5.57 Å². The van der Waals surface area contributed by atoms with Crippen LogP contribution < -0.4 is 10.6 Å². The van der Waals surface area contributed by atoms with Gasteiger partial charge < -0.3 is 10.6 Å². The number of hydrogen-bond acceptors (Lipinski definition) is 2. The number of hydrogen-bond donors (Lipinski definition) is 2. The highest BCUT2D eigenvalue weighted by Gasteiger charge is 2.27. The zero-order chi connectivity index (χ0) is 23.1. The van der Waals surface area contributed by atoms with E-state index in [1.807, 2.05) is 0 Å². The second-order valence-electron chi connectivity index (χ2n) is 10.4. The van der Waals surface area contributed by atoms with Crippen molar-refractivity contribution in [3.05, 3.63) is 11.6 Å². The molecular weight excluding hydrogens is 388 g/mol. The van der Waals surface area contributed by atoms with E-state index in [0.29, 0.717) is 12.1 Å². The average molecular weight is 449 g/mol. The predicted octanol–water partition coefficient (Wildman–Crippen LogP) is 9.09. The van der Waals surface area contributed by atoms with E-state index in [2.05, 4.69) is 37.5 Å². The smallest absolute Gasteiger partial charge is 0.0435 e. The molecule has 0 aliphatic heterocycles.